The maximum Gasteiger partial charge on any atom is 0.342 e. The fraction of sp³-hybridized carbons (Fsp3) is 0.0571. The second-order valence-electron chi connectivity index (χ2n) is 12.5. The molecular formula is C35H30N4O13S4. The van der Waals surface area contributed by atoms with Crippen LogP contribution in [0.15, 0.2) is 117 Å². The lowest BCUT2D eigenvalue weighted by atomic mass is 10.1. The highest BCUT2D eigenvalue weighted by Crippen LogP contribution is 2.34. The van der Waals surface area contributed by atoms with Gasteiger partial charge in [-0.15, -0.1) is 0 Å². The van der Waals surface area contributed by atoms with E-state index in [1.165, 1.54) is 98.8 Å². The lowest BCUT2D eigenvalue weighted by Gasteiger charge is -2.16. The van der Waals surface area contributed by atoms with Crippen molar-refractivity contribution in [1.29, 1.82) is 0 Å². The monoisotopic (exact) mass is 842 g/mol. The van der Waals surface area contributed by atoms with E-state index < -0.39 is 65.9 Å². The smallest absolute Gasteiger partial charge is 0.342 e. The van der Waals surface area contributed by atoms with Gasteiger partial charge in [0.2, 0.25) is 0 Å². The summed E-state index contributed by atoms with van der Waals surface area (Å²) >= 11 is 0. The number of nitrogens with one attached hydrogen (secondary N) is 4. The van der Waals surface area contributed by atoms with Crippen LogP contribution in [-0.2, 0) is 40.3 Å². The highest BCUT2D eigenvalue weighted by molar-refractivity contribution is 7.91. The van der Waals surface area contributed by atoms with Gasteiger partial charge in [0, 0.05) is 11.4 Å². The van der Waals surface area contributed by atoms with Crippen molar-refractivity contribution in [1.82, 2.24) is 9.44 Å². The number of phenolic OH excluding ortho intramolecular Hbond substituents is 2. The molecule has 0 saturated heterocycles. The predicted octanol–water partition coefficient (Wildman–Crippen LogP) is 5.38. The molecular weight excluding hydrogens is 813 g/mol. The molecule has 0 aliphatic rings. The van der Waals surface area contributed by atoms with Crippen LogP contribution in [0.2, 0.25) is 0 Å². The highest BCUT2D eigenvalue weighted by Gasteiger charge is 2.26. The average molecular weight is 843 g/mol. The fourth-order valence-electron chi connectivity index (χ4n) is 5.89. The number of phenols is 2. The summed E-state index contributed by atoms with van der Waals surface area (Å²) in [6, 6.07) is 19.0. The van der Waals surface area contributed by atoms with Crippen molar-refractivity contribution < 1.29 is 57.8 Å². The average Bonchev–Trinajstić information content (AvgIpc) is 3.06. The predicted molar refractivity (Wildman–Crippen MR) is 206 cm³/mol. The molecule has 6 aromatic carbocycles. The van der Waals surface area contributed by atoms with Crippen LogP contribution in [0.4, 0.5) is 27.5 Å². The van der Waals surface area contributed by atoms with Crippen molar-refractivity contribution in [3.63, 3.8) is 0 Å². The van der Waals surface area contributed by atoms with Crippen molar-refractivity contribution in [2.45, 2.75) is 33.4 Å². The summed E-state index contributed by atoms with van der Waals surface area (Å²) in [5, 5.41) is 26.9. The van der Waals surface area contributed by atoms with Crippen LogP contribution in [0.25, 0.3) is 21.5 Å². The fourth-order valence-corrected chi connectivity index (χ4v) is 9.56. The lowest BCUT2D eigenvalue weighted by molar-refractivity contribution is 0.250. The van der Waals surface area contributed by atoms with Crippen LogP contribution in [0.3, 0.4) is 0 Å². The van der Waals surface area contributed by atoms with Gasteiger partial charge in [-0.25, -0.2) is 31.1 Å². The molecule has 6 aromatic rings. The summed E-state index contributed by atoms with van der Waals surface area (Å²) < 4.78 is 124. The van der Waals surface area contributed by atoms with E-state index in [1.807, 2.05) is 0 Å². The molecule has 0 heterocycles. The molecule has 0 aliphatic carbocycles. The van der Waals surface area contributed by atoms with Crippen molar-refractivity contribution in [3.8, 4) is 11.5 Å². The normalized spacial score (nSPS) is 12.4. The first kappa shape index (κ1) is 39.7. The summed E-state index contributed by atoms with van der Waals surface area (Å²) in [5.74, 6) is -0.197. The third-order valence-electron chi connectivity index (χ3n) is 8.34. The van der Waals surface area contributed by atoms with E-state index in [0.29, 0.717) is 21.5 Å². The molecule has 0 unspecified atom stereocenters. The van der Waals surface area contributed by atoms with Gasteiger partial charge in [0.15, 0.2) is 0 Å². The number of urea groups is 1. The van der Waals surface area contributed by atoms with Gasteiger partial charge in [-0.05, 0) is 131 Å². The van der Waals surface area contributed by atoms with Crippen LogP contribution < -0.4 is 20.1 Å². The zero-order valence-corrected chi connectivity index (χ0v) is 32.1. The molecule has 0 aliphatic heterocycles. The largest absolute Gasteiger partial charge is 0.508 e. The van der Waals surface area contributed by atoms with Gasteiger partial charge in [0.1, 0.15) is 21.3 Å². The van der Waals surface area contributed by atoms with Gasteiger partial charge in [0.25, 0.3) is 40.3 Å². The van der Waals surface area contributed by atoms with E-state index in [9.17, 15) is 57.8 Å². The minimum atomic E-state index is -4.74. The molecule has 56 heavy (non-hydrogen) atoms. The van der Waals surface area contributed by atoms with Gasteiger partial charge in [-0.1, -0.05) is 12.1 Å². The molecule has 21 heteroatoms. The lowest BCUT2D eigenvalue weighted by Crippen LogP contribution is -2.42. The Bertz CT molecular complexity index is 2880. The number of anilines is 4. The summed E-state index contributed by atoms with van der Waals surface area (Å²) in [4.78, 5) is 10.9. The van der Waals surface area contributed by atoms with Crippen molar-refractivity contribution in [2.24, 2.45) is 0 Å². The first-order valence-electron chi connectivity index (χ1n) is 15.8. The van der Waals surface area contributed by atoms with Crippen molar-refractivity contribution >= 4 is 90.6 Å². The van der Waals surface area contributed by atoms with E-state index in [-0.39, 0.29) is 45.4 Å². The Labute approximate surface area is 320 Å². The van der Waals surface area contributed by atoms with Gasteiger partial charge in [-0.2, -0.15) is 16.8 Å². The highest BCUT2D eigenvalue weighted by atomic mass is 32.2. The molecule has 0 bridgehead atoms. The Kier molecular flexibility index (Phi) is 10.1. The number of benzene rings is 6. The molecule has 292 valence electrons. The number of carbonyl (C=O) groups excluding carboxylic acids is 1. The number of rotatable bonds is 10. The third kappa shape index (κ3) is 8.46. The first-order chi connectivity index (χ1) is 26.0. The zero-order valence-electron chi connectivity index (χ0n) is 28.8. The summed E-state index contributed by atoms with van der Waals surface area (Å²) in [6.07, 6.45) is 0. The minimum absolute atomic E-state index is 0.0456. The molecule has 0 fully saturated rings. The number of hydrogen-bond acceptors (Lipinski definition) is 13. The molecule has 8 N–H and O–H groups in total. The minimum Gasteiger partial charge on any atom is -0.508 e. The number of sulfonamides is 2. The van der Waals surface area contributed by atoms with Gasteiger partial charge < -0.3 is 20.8 Å². The maximum atomic E-state index is 13.2. The number of aryl methyl sites for hydroxylation is 2. The van der Waals surface area contributed by atoms with Crippen LogP contribution in [-0.4, -0.2) is 59.0 Å². The first-order valence-corrected chi connectivity index (χ1v) is 21.7. The topological polar surface area (TPSA) is 283 Å². The second-order valence-corrected chi connectivity index (χ2v) is 18.5. The number of aromatic hydroxyl groups is 2. The SMILES string of the molecule is Cc1cc(Nc2cc3cc(O)ccc3cc2S(=O)(=O)O)ccc1S(=O)(=O)NC(=O)NS(=O)(=O)c1ccc(Nc2cc3cc(O)ccc3cc2S(=O)(=O)O)cc1C. The van der Waals surface area contributed by atoms with E-state index >= 15 is 0 Å². The van der Waals surface area contributed by atoms with Crippen LogP contribution in [0.1, 0.15) is 11.1 Å². The van der Waals surface area contributed by atoms with Crippen molar-refractivity contribution in [3.05, 3.63) is 108 Å². The molecule has 17 nitrogen and oxygen atoms in total. The quantitative estimate of drug-likeness (QED) is 0.0804. The molecule has 6 rings (SSSR count). The zero-order chi connectivity index (χ0) is 41.0. The maximum absolute atomic E-state index is 13.2. The Morgan fingerprint density at radius 3 is 1.18 bits per heavy atom. The molecule has 0 radical (unpaired) electrons. The summed E-state index contributed by atoms with van der Waals surface area (Å²) in [6.45, 7) is 2.71. The van der Waals surface area contributed by atoms with Gasteiger partial charge in [-0.3, -0.25) is 9.11 Å². The van der Waals surface area contributed by atoms with Crippen LogP contribution in [0, 0.1) is 13.8 Å². The number of carbonyl (C=O) groups is 1. The second kappa shape index (κ2) is 14.3. The van der Waals surface area contributed by atoms with E-state index in [1.54, 1.807) is 9.44 Å². The van der Waals surface area contributed by atoms with Crippen LogP contribution >= 0.6 is 0 Å². The summed E-state index contributed by atoms with van der Waals surface area (Å²) in [7, 11) is -18.9. The molecule has 0 atom stereocenters. The van der Waals surface area contributed by atoms with E-state index in [2.05, 4.69) is 10.6 Å². The van der Waals surface area contributed by atoms with E-state index in [0.717, 1.165) is 12.1 Å². The van der Waals surface area contributed by atoms with Gasteiger partial charge >= 0.3 is 6.03 Å². The van der Waals surface area contributed by atoms with Crippen molar-refractivity contribution in [2.75, 3.05) is 10.6 Å². The summed E-state index contributed by atoms with van der Waals surface area (Å²) in [5.41, 5.74) is 0.231. The molecule has 0 saturated carbocycles. The number of hydrogen-bond donors (Lipinski definition) is 8. The third-order valence-corrected chi connectivity index (χ3v) is 13.1. The van der Waals surface area contributed by atoms with Gasteiger partial charge in [0.05, 0.1) is 21.2 Å². The molecule has 0 aromatic heterocycles. The Balaban J connectivity index is 1.19. The van der Waals surface area contributed by atoms with E-state index in [4.69, 9.17) is 0 Å². The Morgan fingerprint density at radius 1 is 0.464 bits per heavy atom. The molecule has 2 amide bonds. The Hall–Kier alpha value is -5.97. The molecule has 0 spiro atoms. The number of fused-ring (bicyclic) bond motifs is 2. The number of amides is 2. The standard InChI is InChI=1S/C35H30N4O13S4/c1-19-11-25(36-29-15-23-13-27(40)7-3-21(23)17-33(29)55(47,48)49)5-9-31(19)53(43,44)38-35(42)39-54(45,46)32-10-6-26(12-20(32)2)37-30-16-24-14-28(41)8-4-22(24)18-34(30)56(50,51)52/h3-18,36-37,40-41H,1-2H3,(H2,38,39,42)(H,47,48,49)(H,50,51,52). The Morgan fingerprint density at radius 2 is 0.839 bits per heavy atom. The van der Waals surface area contributed by atoms with Crippen LogP contribution in [0.5, 0.6) is 11.5 Å².